The van der Waals surface area contributed by atoms with Gasteiger partial charge in [-0.3, -0.25) is 9.69 Å². The van der Waals surface area contributed by atoms with Gasteiger partial charge in [0.1, 0.15) is 11.6 Å². The number of benzene rings is 3. The molecule has 0 radical (unpaired) electrons. The van der Waals surface area contributed by atoms with E-state index in [0.29, 0.717) is 34.4 Å². The molecule has 0 spiro atoms. The van der Waals surface area contributed by atoms with Crippen LogP contribution < -0.4 is 4.74 Å². The molecule has 1 fully saturated rings. The van der Waals surface area contributed by atoms with Gasteiger partial charge in [0.15, 0.2) is 6.61 Å². The summed E-state index contributed by atoms with van der Waals surface area (Å²) in [6.07, 6.45) is -4.77. The average Bonchev–Trinajstić information content (AvgIpc) is 3.34. The lowest BCUT2D eigenvalue weighted by Crippen LogP contribution is -2.39. The van der Waals surface area contributed by atoms with Gasteiger partial charge in [0.25, 0.3) is 5.91 Å². The van der Waals surface area contributed by atoms with Gasteiger partial charge in [-0.15, -0.1) is 0 Å². The Morgan fingerprint density at radius 2 is 1.66 bits per heavy atom. The minimum atomic E-state index is -4.77. The van der Waals surface area contributed by atoms with Crippen LogP contribution in [0.2, 0.25) is 10.0 Å². The average molecular weight is 612 g/mol. The Hall–Kier alpha value is -2.81. The Labute approximate surface area is 247 Å². The van der Waals surface area contributed by atoms with Crippen molar-refractivity contribution in [1.29, 1.82) is 0 Å². The summed E-state index contributed by atoms with van der Waals surface area (Å²) in [5.41, 5.74) is 1.10. The van der Waals surface area contributed by atoms with Crippen LogP contribution in [-0.4, -0.2) is 48.5 Å². The normalized spacial score (nSPS) is 17.8. The molecule has 3 aromatic rings. The maximum Gasteiger partial charge on any atom is 0.419 e. The van der Waals surface area contributed by atoms with E-state index in [1.165, 1.54) is 6.07 Å². The van der Waals surface area contributed by atoms with E-state index in [-0.39, 0.29) is 36.4 Å². The molecular weight excluding hydrogens is 579 g/mol. The molecule has 2 atom stereocenters. The quantitative estimate of drug-likeness (QED) is 0.254. The van der Waals surface area contributed by atoms with Crippen molar-refractivity contribution in [2.75, 3.05) is 26.7 Å². The van der Waals surface area contributed by atoms with E-state index < -0.39 is 17.6 Å². The topological polar surface area (TPSA) is 32.8 Å². The fourth-order valence-electron chi connectivity index (χ4n) is 5.09. The van der Waals surface area contributed by atoms with Gasteiger partial charge >= 0.3 is 6.18 Å². The Morgan fingerprint density at radius 1 is 0.976 bits per heavy atom. The van der Waals surface area contributed by atoms with E-state index in [1.54, 1.807) is 24.1 Å². The van der Waals surface area contributed by atoms with Gasteiger partial charge in [-0.05, 0) is 65.6 Å². The van der Waals surface area contributed by atoms with E-state index in [1.807, 2.05) is 35.2 Å². The highest BCUT2D eigenvalue weighted by Crippen LogP contribution is 2.36. The van der Waals surface area contributed by atoms with E-state index in [0.717, 1.165) is 23.3 Å². The minimum Gasteiger partial charge on any atom is -0.484 e. The molecule has 1 amide bonds. The first-order chi connectivity index (χ1) is 19.1. The first-order valence-electron chi connectivity index (χ1n) is 13.2. The Balaban J connectivity index is 1.50. The predicted molar refractivity (Wildman–Crippen MR) is 153 cm³/mol. The highest BCUT2D eigenvalue weighted by molar-refractivity contribution is 6.42. The van der Waals surface area contributed by atoms with E-state index in [2.05, 4.69) is 20.8 Å². The number of rotatable bonds is 7. The van der Waals surface area contributed by atoms with Crippen LogP contribution in [0.3, 0.4) is 0 Å². The fourth-order valence-corrected chi connectivity index (χ4v) is 5.39. The lowest BCUT2D eigenvalue weighted by molar-refractivity contribution is -0.140. The second kappa shape index (κ2) is 12.2. The smallest absolute Gasteiger partial charge is 0.419 e. The van der Waals surface area contributed by atoms with E-state index >= 15 is 0 Å². The maximum absolute atomic E-state index is 14.2. The summed E-state index contributed by atoms with van der Waals surface area (Å²) < 4.78 is 59.1. The highest BCUT2D eigenvalue weighted by atomic mass is 35.5. The molecule has 220 valence electrons. The molecule has 4 rings (SSSR count). The van der Waals surface area contributed by atoms with Crippen molar-refractivity contribution >= 4 is 29.1 Å². The number of amides is 1. The van der Waals surface area contributed by atoms with Crippen molar-refractivity contribution in [3.8, 4) is 5.75 Å². The molecule has 0 aliphatic carbocycles. The van der Waals surface area contributed by atoms with Gasteiger partial charge < -0.3 is 9.64 Å². The van der Waals surface area contributed by atoms with Gasteiger partial charge in [-0.2, -0.15) is 13.2 Å². The van der Waals surface area contributed by atoms with Crippen LogP contribution in [0.1, 0.15) is 48.9 Å². The number of alkyl halides is 3. The molecule has 1 aliphatic heterocycles. The lowest BCUT2D eigenvalue weighted by Gasteiger charge is -2.29. The molecule has 0 aromatic heterocycles. The number of likely N-dealkylation sites (tertiary alicyclic amines) is 1. The lowest BCUT2D eigenvalue weighted by atomic mass is 9.87. The van der Waals surface area contributed by atoms with Gasteiger partial charge in [0, 0.05) is 31.6 Å². The summed E-state index contributed by atoms with van der Waals surface area (Å²) in [4.78, 5) is 16.8. The van der Waals surface area contributed by atoms with Crippen molar-refractivity contribution in [1.82, 2.24) is 9.80 Å². The van der Waals surface area contributed by atoms with Gasteiger partial charge in [-0.25, -0.2) is 4.39 Å². The van der Waals surface area contributed by atoms with Crippen molar-refractivity contribution in [3.63, 3.8) is 0 Å². The van der Waals surface area contributed by atoms with Crippen LogP contribution in [0, 0.1) is 5.82 Å². The summed E-state index contributed by atoms with van der Waals surface area (Å²) in [5, 5.41) is 0.777. The van der Waals surface area contributed by atoms with Crippen LogP contribution in [0.4, 0.5) is 17.6 Å². The van der Waals surface area contributed by atoms with Crippen LogP contribution in [-0.2, 0) is 22.9 Å². The molecule has 1 saturated heterocycles. The summed E-state index contributed by atoms with van der Waals surface area (Å²) >= 11 is 12.4. The van der Waals surface area contributed by atoms with E-state index in [4.69, 9.17) is 27.9 Å². The standard InChI is InChI=1S/C31H32Cl2F4N2O2/c1-30(2,3)21-7-9-22(10-8-21)41-18-29(40)39-16-23(20-6-12-25(32)26(33)14-20)28(17-39)38(4)15-19-5-11-24(27(34)13-19)31(35,36)37/h5-14,23,28H,15-18H2,1-4H3/t23-,28?/m1/s1. The zero-order valence-electron chi connectivity index (χ0n) is 23.2. The molecule has 1 unspecified atom stereocenters. The second-order valence-corrected chi connectivity index (χ2v) is 12.3. The van der Waals surface area contributed by atoms with Crippen LogP contribution in [0.25, 0.3) is 0 Å². The Bertz CT molecular complexity index is 1390. The Kier molecular flexibility index (Phi) is 9.26. The van der Waals surface area contributed by atoms with Gasteiger partial charge in [0.05, 0.1) is 15.6 Å². The van der Waals surface area contributed by atoms with Crippen molar-refractivity contribution in [2.45, 2.75) is 50.9 Å². The number of nitrogens with zero attached hydrogens (tertiary/aromatic N) is 2. The summed E-state index contributed by atoms with van der Waals surface area (Å²) in [5.74, 6) is -1.11. The molecule has 10 heteroatoms. The molecule has 0 saturated carbocycles. The molecular formula is C31H32Cl2F4N2O2. The first kappa shape index (κ1) is 31.1. The number of hydrogen-bond donors (Lipinski definition) is 0. The molecule has 3 aromatic carbocycles. The summed E-state index contributed by atoms with van der Waals surface area (Å²) in [7, 11) is 1.80. The van der Waals surface area contributed by atoms with Crippen LogP contribution in [0.5, 0.6) is 5.75 Å². The number of ether oxygens (including phenoxy) is 1. The number of hydrogen-bond acceptors (Lipinski definition) is 3. The zero-order chi connectivity index (χ0) is 30.1. The number of likely N-dealkylation sites (N-methyl/N-ethyl adjacent to an activating group) is 1. The van der Waals surface area contributed by atoms with Gasteiger partial charge in [0.2, 0.25) is 0 Å². The first-order valence-corrected chi connectivity index (χ1v) is 13.9. The molecule has 0 bridgehead atoms. The monoisotopic (exact) mass is 610 g/mol. The zero-order valence-corrected chi connectivity index (χ0v) is 24.7. The molecule has 41 heavy (non-hydrogen) atoms. The highest BCUT2D eigenvalue weighted by Gasteiger charge is 2.39. The summed E-state index contributed by atoms with van der Waals surface area (Å²) in [6.45, 7) is 7.09. The largest absolute Gasteiger partial charge is 0.484 e. The SMILES string of the molecule is CN(Cc1ccc(C(F)(F)F)c(F)c1)C1CN(C(=O)COc2ccc(C(C)(C)C)cc2)C[C@@H]1c1ccc(Cl)c(Cl)c1. The minimum absolute atomic E-state index is 0.00332. The molecule has 0 N–H and O–H groups in total. The third kappa shape index (κ3) is 7.53. The van der Waals surface area contributed by atoms with Crippen molar-refractivity contribution in [3.05, 3.63) is 98.8 Å². The predicted octanol–water partition coefficient (Wildman–Crippen LogP) is 7.95. The van der Waals surface area contributed by atoms with E-state index in [9.17, 15) is 22.4 Å². The Morgan fingerprint density at radius 3 is 2.24 bits per heavy atom. The molecule has 4 nitrogen and oxygen atoms in total. The number of carbonyl (C=O) groups is 1. The van der Waals surface area contributed by atoms with Crippen LogP contribution in [0.15, 0.2) is 60.7 Å². The number of halogens is 6. The van der Waals surface area contributed by atoms with Gasteiger partial charge in [-0.1, -0.05) is 68.2 Å². The fraction of sp³-hybridized carbons (Fsp3) is 0.387. The summed E-state index contributed by atoms with van der Waals surface area (Å²) in [6, 6.07) is 15.6. The molecule has 1 heterocycles. The maximum atomic E-state index is 14.2. The number of carbonyl (C=O) groups excluding carboxylic acids is 1. The third-order valence-electron chi connectivity index (χ3n) is 7.43. The van der Waals surface area contributed by atoms with Crippen LogP contribution >= 0.6 is 23.2 Å². The third-order valence-corrected chi connectivity index (χ3v) is 8.17. The van der Waals surface area contributed by atoms with Crippen molar-refractivity contribution < 1.29 is 27.1 Å². The second-order valence-electron chi connectivity index (χ2n) is 11.4. The molecule has 1 aliphatic rings. The van der Waals surface area contributed by atoms with Crippen molar-refractivity contribution in [2.24, 2.45) is 0 Å².